The number of imidazole rings is 1. The van der Waals surface area contributed by atoms with Gasteiger partial charge < -0.3 is 19.1 Å². The van der Waals surface area contributed by atoms with Gasteiger partial charge in [0.1, 0.15) is 5.60 Å². The minimum atomic E-state index is -0.472. The predicted octanol–water partition coefficient (Wildman–Crippen LogP) is 6.68. The lowest BCUT2D eigenvalue weighted by Crippen LogP contribution is -2.60. The van der Waals surface area contributed by atoms with E-state index >= 15 is 0 Å². The van der Waals surface area contributed by atoms with Gasteiger partial charge >= 0.3 is 6.09 Å². The monoisotopic (exact) mass is 546 g/mol. The second-order valence-corrected chi connectivity index (χ2v) is 12.8. The van der Waals surface area contributed by atoms with Gasteiger partial charge in [-0.05, 0) is 69.5 Å². The fraction of sp³-hybridized carbons (Fsp3) is 0.364. The second kappa shape index (κ2) is 9.00. The smallest absolute Gasteiger partial charge is 0.410 e. The third-order valence-electron chi connectivity index (χ3n) is 8.55. The van der Waals surface area contributed by atoms with Crippen LogP contribution in [0, 0.1) is 18.9 Å². The zero-order chi connectivity index (χ0) is 28.5. The first-order chi connectivity index (χ1) is 19.6. The number of rotatable bonds is 2. The molecule has 0 saturated carbocycles. The van der Waals surface area contributed by atoms with E-state index in [1.807, 2.05) is 56.1 Å². The number of benzene rings is 2. The van der Waals surface area contributed by atoms with Gasteiger partial charge in [-0.25, -0.2) is 14.6 Å². The van der Waals surface area contributed by atoms with Crippen molar-refractivity contribution in [1.82, 2.24) is 19.0 Å². The van der Waals surface area contributed by atoms with Crippen LogP contribution in [0.25, 0.3) is 33.2 Å². The number of aromatic nitrogens is 3. The van der Waals surface area contributed by atoms with Gasteiger partial charge in [0.15, 0.2) is 11.5 Å². The van der Waals surface area contributed by atoms with Gasteiger partial charge in [-0.1, -0.05) is 24.3 Å². The van der Waals surface area contributed by atoms with Gasteiger partial charge in [0.2, 0.25) is 0 Å². The number of hydrogen-bond donors (Lipinski definition) is 0. The lowest BCUT2D eigenvalue weighted by Gasteiger charge is -2.47. The first-order valence-corrected chi connectivity index (χ1v) is 14.2. The van der Waals surface area contributed by atoms with Crippen LogP contribution in [0.4, 0.5) is 16.2 Å². The maximum atomic E-state index is 12.5. The Morgan fingerprint density at radius 1 is 1.05 bits per heavy atom. The Balaban J connectivity index is 1.16. The molecule has 4 aromatic rings. The molecule has 2 saturated heterocycles. The Morgan fingerprint density at radius 2 is 1.83 bits per heavy atom. The maximum Gasteiger partial charge on any atom is 0.410 e. The van der Waals surface area contributed by atoms with Crippen LogP contribution >= 0.6 is 0 Å². The minimum absolute atomic E-state index is 0.142. The summed E-state index contributed by atoms with van der Waals surface area (Å²) in [5.74, 6) is 0.940. The van der Waals surface area contributed by atoms with Crippen molar-refractivity contribution in [3.8, 4) is 28.3 Å². The van der Waals surface area contributed by atoms with Gasteiger partial charge in [-0.2, -0.15) is 0 Å². The Labute approximate surface area is 240 Å². The predicted molar refractivity (Wildman–Crippen MR) is 160 cm³/mol. The third kappa shape index (κ3) is 4.37. The fourth-order valence-corrected chi connectivity index (χ4v) is 6.57. The summed E-state index contributed by atoms with van der Waals surface area (Å²) >= 11 is 0. The molecule has 8 heteroatoms. The van der Waals surface area contributed by atoms with Gasteiger partial charge in [0, 0.05) is 67.5 Å². The number of anilines is 1. The number of carbonyl (C=O) groups excluding carboxylic acids is 1. The van der Waals surface area contributed by atoms with Crippen LogP contribution in [0.5, 0.6) is 0 Å². The number of amides is 1. The molecular weight excluding hydrogens is 512 g/mol. The van der Waals surface area contributed by atoms with Crippen molar-refractivity contribution < 1.29 is 9.53 Å². The topological polar surface area (TPSA) is 59.9 Å². The quantitative estimate of drug-likeness (QED) is 0.232. The Kier molecular flexibility index (Phi) is 5.59. The van der Waals surface area contributed by atoms with Crippen LogP contribution in [0.1, 0.15) is 38.4 Å². The highest BCUT2D eigenvalue weighted by molar-refractivity contribution is 5.74. The van der Waals surface area contributed by atoms with E-state index in [0.29, 0.717) is 5.69 Å². The Bertz CT molecular complexity index is 1710. The molecule has 2 aromatic carbocycles. The van der Waals surface area contributed by atoms with Crippen LogP contribution in [-0.4, -0.2) is 56.9 Å². The van der Waals surface area contributed by atoms with Gasteiger partial charge in [0.05, 0.1) is 18.0 Å². The lowest BCUT2D eigenvalue weighted by molar-refractivity contribution is -0.0266. The molecule has 3 aliphatic rings. The maximum absolute atomic E-state index is 12.5. The molecule has 1 amide bonds. The molecule has 0 atom stereocenters. The molecule has 1 spiro atoms. The molecule has 2 fully saturated rings. The Morgan fingerprint density at radius 3 is 2.56 bits per heavy atom. The average molecular weight is 547 g/mol. The van der Waals surface area contributed by atoms with E-state index in [1.54, 1.807) is 0 Å². The molecule has 0 radical (unpaired) electrons. The number of carbonyl (C=O) groups is 1. The van der Waals surface area contributed by atoms with E-state index in [9.17, 15) is 4.79 Å². The SMILES string of the molecule is [C-]#[N+]c1ccc(-c2cc3n(c2)Cc2cc(N4CCC5(CN(C(=O)OC(C)(C)C)C5)C4)ccc2-n2c(C)cnc2-3)cc1. The molecule has 7 rings (SSSR count). The van der Waals surface area contributed by atoms with Crippen LogP contribution in [0.3, 0.4) is 0 Å². The summed E-state index contributed by atoms with van der Waals surface area (Å²) in [6.45, 7) is 19.3. The first-order valence-electron chi connectivity index (χ1n) is 14.2. The number of ether oxygens (including phenoxy) is 1. The zero-order valence-electron chi connectivity index (χ0n) is 24.0. The average Bonchev–Trinajstić information content (AvgIpc) is 3.62. The lowest BCUT2D eigenvalue weighted by atomic mass is 9.79. The van der Waals surface area contributed by atoms with E-state index in [2.05, 4.69) is 56.3 Å². The van der Waals surface area contributed by atoms with Crippen molar-refractivity contribution in [2.75, 3.05) is 31.1 Å². The standard InChI is InChI=1S/C33H34N6O2/c1-22-16-35-30-29-15-24(23-6-8-26(34-5)9-7-23)17-37(29)18-25-14-27(10-11-28(25)39(22)30)36-13-12-33(19-36)20-38(21-33)31(40)41-32(2,3)4/h6-11,14-17H,12-13,18-21H2,1-4H3. The van der Waals surface area contributed by atoms with Crippen molar-refractivity contribution in [2.45, 2.75) is 46.3 Å². The summed E-state index contributed by atoms with van der Waals surface area (Å²) in [7, 11) is 0. The molecule has 0 unspecified atom stereocenters. The molecule has 0 aliphatic carbocycles. The van der Waals surface area contributed by atoms with Crippen molar-refractivity contribution in [2.24, 2.45) is 5.41 Å². The van der Waals surface area contributed by atoms with Crippen LogP contribution in [0.2, 0.25) is 0 Å². The number of nitrogens with zero attached hydrogens (tertiary/aromatic N) is 6. The van der Waals surface area contributed by atoms with Crippen LogP contribution in [0.15, 0.2) is 60.9 Å². The minimum Gasteiger partial charge on any atom is -0.444 e. The van der Waals surface area contributed by atoms with E-state index < -0.39 is 5.60 Å². The highest BCUT2D eigenvalue weighted by atomic mass is 16.6. The Hall–Kier alpha value is -4.51. The molecule has 41 heavy (non-hydrogen) atoms. The second-order valence-electron chi connectivity index (χ2n) is 12.8. The van der Waals surface area contributed by atoms with E-state index in [4.69, 9.17) is 16.3 Å². The molecule has 208 valence electrons. The summed E-state index contributed by atoms with van der Waals surface area (Å²) in [6, 6.07) is 16.8. The molecule has 3 aliphatic heterocycles. The van der Waals surface area contributed by atoms with Crippen molar-refractivity contribution in [3.63, 3.8) is 0 Å². The normalized spacial score (nSPS) is 16.9. The molecular formula is C33H34N6O2. The number of hydrogen-bond acceptors (Lipinski definition) is 4. The molecule has 2 aromatic heterocycles. The number of aryl methyl sites for hydroxylation is 1. The summed E-state index contributed by atoms with van der Waals surface area (Å²) in [6.07, 6.45) is 5.01. The highest BCUT2D eigenvalue weighted by Gasteiger charge is 2.50. The summed E-state index contributed by atoms with van der Waals surface area (Å²) < 4.78 is 10.1. The van der Waals surface area contributed by atoms with Crippen molar-refractivity contribution >= 4 is 17.5 Å². The molecule has 0 N–H and O–H groups in total. The summed E-state index contributed by atoms with van der Waals surface area (Å²) in [5.41, 5.74) is 8.34. The third-order valence-corrected chi connectivity index (χ3v) is 8.55. The summed E-state index contributed by atoms with van der Waals surface area (Å²) in [5, 5.41) is 0. The molecule has 5 heterocycles. The van der Waals surface area contributed by atoms with Crippen molar-refractivity contribution in [1.29, 1.82) is 0 Å². The van der Waals surface area contributed by atoms with E-state index in [-0.39, 0.29) is 11.5 Å². The molecule has 8 nitrogen and oxygen atoms in total. The van der Waals surface area contributed by atoms with Crippen molar-refractivity contribution in [3.05, 3.63) is 83.6 Å². The van der Waals surface area contributed by atoms with Crippen LogP contribution < -0.4 is 4.90 Å². The van der Waals surface area contributed by atoms with Gasteiger partial charge in [-0.15, -0.1) is 0 Å². The van der Waals surface area contributed by atoms with Crippen LogP contribution in [-0.2, 0) is 11.3 Å². The zero-order valence-corrected chi connectivity index (χ0v) is 24.0. The van der Waals surface area contributed by atoms with Gasteiger partial charge in [-0.3, -0.25) is 4.57 Å². The number of likely N-dealkylation sites (tertiary alicyclic amines) is 1. The summed E-state index contributed by atoms with van der Waals surface area (Å²) in [4.78, 5) is 25.2. The molecule has 0 bridgehead atoms. The highest BCUT2D eigenvalue weighted by Crippen LogP contribution is 2.43. The first kappa shape index (κ1) is 25.5. The number of fused-ring (bicyclic) bond motifs is 5. The fourth-order valence-electron chi connectivity index (χ4n) is 6.57. The van der Waals surface area contributed by atoms with Gasteiger partial charge in [0.25, 0.3) is 0 Å². The largest absolute Gasteiger partial charge is 0.444 e. The van der Waals surface area contributed by atoms with E-state index in [0.717, 1.165) is 67.5 Å². The van der Waals surface area contributed by atoms with E-state index in [1.165, 1.54) is 16.9 Å².